The lowest BCUT2D eigenvalue weighted by Crippen LogP contribution is -2.36. The highest BCUT2D eigenvalue weighted by molar-refractivity contribution is 5.72. The van der Waals surface area contributed by atoms with Gasteiger partial charge in [-0.1, -0.05) is 31.4 Å². The maximum absolute atomic E-state index is 12.7. The molecule has 1 N–H and O–H groups in total. The Balaban J connectivity index is 1.35. The summed E-state index contributed by atoms with van der Waals surface area (Å²) in [5, 5.41) is 0. The summed E-state index contributed by atoms with van der Waals surface area (Å²) < 4.78 is 5.83. The highest BCUT2D eigenvalue weighted by atomic mass is 16.3. The first-order chi connectivity index (χ1) is 13.3. The summed E-state index contributed by atoms with van der Waals surface area (Å²) in [6.45, 7) is 2.07. The Labute approximate surface area is 157 Å². The average molecular weight is 364 g/mol. The third kappa shape index (κ3) is 3.30. The van der Waals surface area contributed by atoms with Gasteiger partial charge in [-0.2, -0.15) is 0 Å². The number of oxazole rings is 1. The number of hydrogen-bond acceptors (Lipinski definition) is 5. The minimum Gasteiger partial charge on any atom is -0.439 e. The average Bonchev–Trinajstić information content (AvgIpc) is 3.11. The molecule has 2 aromatic heterocycles. The van der Waals surface area contributed by atoms with Crippen LogP contribution in [0.5, 0.6) is 0 Å². The van der Waals surface area contributed by atoms with Crippen molar-refractivity contribution >= 4 is 11.1 Å². The molecule has 1 fully saturated rings. The number of para-hydroxylation sites is 2. The van der Waals surface area contributed by atoms with Crippen molar-refractivity contribution < 1.29 is 4.42 Å². The van der Waals surface area contributed by atoms with Crippen molar-refractivity contribution in [3.8, 4) is 0 Å². The molecule has 0 amide bonds. The van der Waals surface area contributed by atoms with Gasteiger partial charge in [-0.25, -0.2) is 9.97 Å². The smallest absolute Gasteiger partial charge is 0.255 e. The maximum Gasteiger partial charge on any atom is 0.255 e. The summed E-state index contributed by atoms with van der Waals surface area (Å²) in [4.78, 5) is 27.4. The SMILES string of the molecule is O=c1[nH]c(C2CCCCC2)nc2c1CN(Cc1nc3ccccc3o1)CC2. The predicted molar refractivity (Wildman–Crippen MR) is 103 cm³/mol. The molecule has 6 nitrogen and oxygen atoms in total. The first-order valence-corrected chi connectivity index (χ1v) is 9.95. The van der Waals surface area contributed by atoms with E-state index in [-0.39, 0.29) is 5.56 Å². The molecule has 0 bridgehead atoms. The Morgan fingerprint density at radius 3 is 2.85 bits per heavy atom. The van der Waals surface area contributed by atoms with Crippen LogP contribution >= 0.6 is 0 Å². The number of benzene rings is 1. The van der Waals surface area contributed by atoms with Crippen LogP contribution in [0.15, 0.2) is 33.5 Å². The molecule has 1 aliphatic heterocycles. The molecule has 140 valence electrons. The fraction of sp³-hybridized carbons (Fsp3) is 0.476. The second kappa shape index (κ2) is 6.93. The van der Waals surface area contributed by atoms with Crippen LogP contribution in [0.2, 0.25) is 0 Å². The zero-order valence-corrected chi connectivity index (χ0v) is 15.4. The van der Waals surface area contributed by atoms with E-state index in [1.807, 2.05) is 24.3 Å². The van der Waals surface area contributed by atoms with E-state index in [9.17, 15) is 4.79 Å². The van der Waals surface area contributed by atoms with Crippen molar-refractivity contribution in [2.45, 2.75) is 57.5 Å². The predicted octanol–water partition coefficient (Wildman–Crippen LogP) is 3.52. The molecule has 1 aliphatic carbocycles. The number of nitrogens with zero attached hydrogens (tertiary/aromatic N) is 3. The van der Waals surface area contributed by atoms with Crippen LogP contribution in [0, 0.1) is 0 Å². The first-order valence-electron chi connectivity index (χ1n) is 9.95. The lowest BCUT2D eigenvalue weighted by Gasteiger charge is -2.28. The number of aromatic nitrogens is 3. The Hall–Kier alpha value is -2.47. The first kappa shape index (κ1) is 16.7. The molecule has 5 rings (SSSR count). The molecule has 3 heterocycles. The maximum atomic E-state index is 12.7. The van der Waals surface area contributed by atoms with Crippen molar-refractivity contribution in [3.05, 3.63) is 57.6 Å². The summed E-state index contributed by atoms with van der Waals surface area (Å²) in [7, 11) is 0. The summed E-state index contributed by atoms with van der Waals surface area (Å²) in [6.07, 6.45) is 6.88. The van der Waals surface area contributed by atoms with E-state index >= 15 is 0 Å². The van der Waals surface area contributed by atoms with E-state index in [0.717, 1.165) is 54.0 Å². The van der Waals surface area contributed by atoms with Crippen molar-refractivity contribution in [2.75, 3.05) is 6.54 Å². The van der Waals surface area contributed by atoms with Crippen LogP contribution in [0.1, 0.15) is 61.0 Å². The molecular formula is C21H24N4O2. The number of fused-ring (bicyclic) bond motifs is 2. The number of H-pyrrole nitrogens is 1. The quantitative estimate of drug-likeness (QED) is 0.770. The van der Waals surface area contributed by atoms with Gasteiger partial charge in [-0.15, -0.1) is 0 Å². The third-order valence-corrected chi connectivity index (χ3v) is 5.85. The molecule has 3 aromatic rings. The second-order valence-corrected chi connectivity index (χ2v) is 7.75. The lowest BCUT2D eigenvalue weighted by molar-refractivity contribution is 0.219. The van der Waals surface area contributed by atoms with Crippen molar-refractivity contribution in [2.24, 2.45) is 0 Å². The molecular weight excluding hydrogens is 340 g/mol. The second-order valence-electron chi connectivity index (χ2n) is 7.75. The fourth-order valence-corrected chi connectivity index (χ4v) is 4.38. The van der Waals surface area contributed by atoms with Crippen molar-refractivity contribution in [1.29, 1.82) is 0 Å². The molecule has 6 heteroatoms. The fourth-order valence-electron chi connectivity index (χ4n) is 4.38. The molecule has 0 atom stereocenters. The van der Waals surface area contributed by atoms with Crippen LogP contribution < -0.4 is 5.56 Å². The summed E-state index contributed by atoms with van der Waals surface area (Å²) in [6, 6.07) is 7.79. The van der Waals surface area contributed by atoms with Crippen LogP contribution in [-0.2, 0) is 19.5 Å². The topological polar surface area (TPSA) is 75.0 Å². The molecule has 0 saturated heterocycles. The summed E-state index contributed by atoms with van der Waals surface area (Å²) in [5.74, 6) is 2.03. The molecule has 1 saturated carbocycles. The van der Waals surface area contributed by atoms with Crippen molar-refractivity contribution in [1.82, 2.24) is 19.9 Å². The Kier molecular flexibility index (Phi) is 4.28. The third-order valence-electron chi connectivity index (χ3n) is 5.85. The van der Waals surface area contributed by atoms with E-state index in [2.05, 4.69) is 14.9 Å². The Bertz CT molecular complexity index is 983. The normalized spacial score (nSPS) is 18.7. The van der Waals surface area contributed by atoms with Crippen LogP contribution in [0.25, 0.3) is 11.1 Å². The standard InChI is InChI=1S/C21H24N4O2/c26-21-15-12-25(13-19-22-17-8-4-5-9-18(17)27-19)11-10-16(15)23-20(24-21)14-6-2-1-3-7-14/h4-5,8-9,14H,1-3,6-7,10-13H2,(H,23,24,26). The van der Waals surface area contributed by atoms with Gasteiger partial charge in [-0.3, -0.25) is 9.69 Å². The molecule has 0 radical (unpaired) electrons. The van der Waals surface area contributed by atoms with E-state index in [4.69, 9.17) is 9.40 Å². The van der Waals surface area contributed by atoms with Crippen LogP contribution in [0.3, 0.4) is 0 Å². The molecule has 2 aliphatic rings. The van der Waals surface area contributed by atoms with Gasteiger partial charge in [0.15, 0.2) is 5.58 Å². The van der Waals surface area contributed by atoms with E-state index in [1.54, 1.807) is 0 Å². The molecule has 0 unspecified atom stereocenters. The van der Waals surface area contributed by atoms with Gasteiger partial charge in [-0.05, 0) is 25.0 Å². The highest BCUT2D eigenvalue weighted by Crippen LogP contribution is 2.31. The molecule has 1 aromatic carbocycles. The molecule has 27 heavy (non-hydrogen) atoms. The van der Waals surface area contributed by atoms with Gasteiger partial charge in [0.05, 0.1) is 17.8 Å². The summed E-state index contributed by atoms with van der Waals surface area (Å²) in [5.41, 5.74) is 3.50. The molecule has 0 spiro atoms. The van der Waals surface area contributed by atoms with Gasteiger partial charge < -0.3 is 9.40 Å². The van der Waals surface area contributed by atoms with Crippen LogP contribution in [0.4, 0.5) is 0 Å². The van der Waals surface area contributed by atoms with E-state index in [0.29, 0.717) is 24.9 Å². The minimum atomic E-state index is 0.0304. The number of hydrogen-bond donors (Lipinski definition) is 1. The lowest BCUT2D eigenvalue weighted by atomic mass is 9.88. The zero-order chi connectivity index (χ0) is 18.2. The van der Waals surface area contributed by atoms with E-state index in [1.165, 1.54) is 19.3 Å². The highest BCUT2D eigenvalue weighted by Gasteiger charge is 2.25. The largest absolute Gasteiger partial charge is 0.439 e. The van der Waals surface area contributed by atoms with Gasteiger partial charge in [0.2, 0.25) is 5.89 Å². The van der Waals surface area contributed by atoms with Gasteiger partial charge in [0, 0.05) is 25.4 Å². The number of rotatable bonds is 3. The van der Waals surface area contributed by atoms with Gasteiger partial charge in [0.1, 0.15) is 11.3 Å². The monoisotopic (exact) mass is 364 g/mol. The Morgan fingerprint density at radius 1 is 1.15 bits per heavy atom. The number of nitrogens with one attached hydrogen (secondary N) is 1. The van der Waals surface area contributed by atoms with Crippen LogP contribution in [-0.4, -0.2) is 26.4 Å². The number of aromatic amines is 1. The van der Waals surface area contributed by atoms with Gasteiger partial charge >= 0.3 is 0 Å². The Morgan fingerprint density at radius 2 is 2.00 bits per heavy atom. The minimum absolute atomic E-state index is 0.0304. The van der Waals surface area contributed by atoms with E-state index < -0.39 is 0 Å². The summed E-state index contributed by atoms with van der Waals surface area (Å²) >= 11 is 0. The zero-order valence-electron chi connectivity index (χ0n) is 15.4. The van der Waals surface area contributed by atoms with Crippen molar-refractivity contribution in [3.63, 3.8) is 0 Å². The van der Waals surface area contributed by atoms with Gasteiger partial charge in [0.25, 0.3) is 5.56 Å².